The Hall–Kier alpha value is -3.68. The smallest absolute Gasteiger partial charge is 0.434 e. The van der Waals surface area contributed by atoms with Crippen LogP contribution >= 0.6 is 0 Å². The van der Waals surface area contributed by atoms with E-state index in [9.17, 15) is 19.5 Å². The molecule has 1 heterocycles. The lowest BCUT2D eigenvalue weighted by molar-refractivity contribution is -0.141. The number of hydrogen-bond acceptors (Lipinski definition) is 5. The number of nitrogens with one attached hydrogen (secondary N) is 2. The first kappa shape index (κ1) is 20.1. The summed E-state index contributed by atoms with van der Waals surface area (Å²) in [6, 6.07) is 17.3. The second-order valence-electron chi connectivity index (χ2n) is 6.83. The zero-order chi connectivity index (χ0) is 20.8. The Labute approximate surface area is 166 Å². The first-order valence-corrected chi connectivity index (χ1v) is 9.16. The summed E-state index contributed by atoms with van der Waals surface area (Å²) in [5.74, 6) is -3.50. The number of benzene rings is 2. The third kappa shape index (κ3) is 5.41. The number of carboxylic acids is 1. The molecule has 0 radical (unpaired) electrons. The Bertz CT molecular complexity index is 1020. The summed E-state index contributed by atoms with van der Waals surface area (Å²) >= 11 is 0. The molecule has 0 aliphatic carbocycles. The van der Waals surface area contributed by atoms with E-state index in [2.05, 4.69) is 14.8 Å². The summed E-state index contributed by atoms with van der Waals surface area (Å²) in [5, 5.41) is 17.5. The SMILES string of the molecule is C[C@H](CC(Cc1ccc(-c2ccccc2)cc1)NC(=O)c1n[nH]c(=O)o1)C(=O)O. The summed E-state index contributed by atoms with van der Waals surface area (Å²) in [6.45, 7) is 1.58. The van der Waals surface area contributed by atoms with Gasteiger partial charge in [-0.1, -0.05) is 61.5 Å². The maximum absolute atomic E-state index is 12.3. The lowest BCUT2D eigenvalue weighted by Gasteiger charge is -2.20. The van der Waals surface area contributed by atoms with Crippen LogP contribution < -0.4 is 11.1 Å². The van der Waals surface area contributed by atoms with Crippen LogP contribution in [0.1, 0.15) is 29.6 Å². The van der Waals surface area contributed by atoms with Crippen molar-refractivity contribution < 1.29 is 19.1 Å². The molecule has 3 rings (SSSR count). The predicted octanol–water partition coefficient (Wildman–Crippen LogP) is 2.48. The first-order valence-electron chi connectivity index (χ1n) is 9.16. The van der Waals surface area contributed by atoms with Crippen molar-refractivity contribution in [1.29, 1.82) is 0 Å². The fourth-order valence-electron chi connectivity index (χ4n) is 3.04. The van der Waals surface area contributed by atoms with Crippen LogP contribution in [0.3, 0.4) is 0 Å². The Kier molecular flexibility index (Phi) is 6.23. The predicted molar refractivity (Wildman–Crippen MR) is 105 cm³/mol. The molecule has 0 bridgehead atoms. The Balaban J connectivity index is 1.74. The van der Waals surface area contributed by atoms with Gasteiger partial charge in [-0.05, 0) is 29.5 Å². The molecule has 0 aliphatic rings. The molecular formula is C21H21N3O5. The average Bonchev–Trinajstić information content (AvgIpc) is 3.15. The minimum Gasteiger partial charge on any atom is -0.481 e. The highest BCUT2D eigenvalue weighted by molar-refractivity contribution is 5.89. The van der Waals surface area contributed by atoms with Gasteiger partial charge < -0.3 is 14.8 Å². The highest BCUT2D eigenvalue weighted by atomic mass is 16.4. The molecular weight excluding hydrogens is 374 g/mol. The number of carboxylic acid groups (broad SMARTS) is 1. The van der Waals surface area contributed by atoms with E-state index in [0.717, 1.165) is 16.7 Å². The summed E-state index contributed by atoms with van der Waals surface area (Å²) in [6.07, 6.45) is 0.642. The van der Waals surface area contributed by atoms with Crippen LogP contribution in [0, 0.1) is 5.92 Å². The zero-order valence-electron chi connectivity index (χ0n) is 15.8. The molecule has 1 amide bonds. The van der Waals surface area contributed by atoms with Gasteiger partial charge >= 0.3 is 23.5 Å². The van der Waals surface area contributed by atoms with Crippen LogP contribution in [0.4, 0.5) is 0 Å². The van der Waals surface area contributed by atoms with Crippen molar-refractivity contribution in [2.45, 2.75) is 25.8 Å². The van der Waals surface area contributed by atoms with E-state index >= 15 is 0 Å². The summed E-state index contributed by atoms with van der Waals surface area (Å²) in [4.78, 5) is 34.6. The molecule has 0 spiro atoms. The summed E-state index contributed by atoms with van der Waals surface area (Å²) in [7, 11) is 0. The minimum atomic E-state index is -0.949. The molecule has 8 nitrogen and oxygen atoms in total. The van der Waals surface area contributed by atoms with Crippen LogP contribution in [-0.4, -0.2) is 33.2 Å². The second-order valence-corrected chi connectivity index (χ2v) is 6.83. The largest absolute Gasteiger partial charge is 0.481 e. The zero-order valence-corrected chi connectivity index (χ0v) is 15.8. The van der Waals surface area contributed by atoms with E-state index in [-0.39, 0.29) is 12.3 Å². The standard InChI is InChI=1S/C21H21N3O5/c1-13(20(26)27)11-17(22-18(25)19-23-24-21(28)29-19)12-14-7-9-16(10-8-14)15-5-3-2-4-6-15/h2-10,13,17H,11-12H2,1H3,(H,22,25)(H,24,28)(H,26,27)/t13-,17?/m1/s1. The summed E-state index contributed by atoms with van der Waals surface area (Å²) in [5.41, 5.74) is 3.10. The highest BCUT2D eigenvalue weighted by Gasteiger charge is 2.23. The van der Waals surface area contributed by atoms with E-state index in [4.69, 9.17) is 0 Å². The molecule has 3 N–H and O–H groups in total. The van der Waals surface area contributed by atoms with Crippen molar-refractivity contribution in [1.82, 2.24) is 15.5 Å². The minimum absolute atomic E-state index is 0.218. The molecule has 29 heavy (non-hydrogen) atoms. The molecule has 150 valence electrons. The maximum Gasteiger partial charge on any atom is 0.434 e. The molecule has 8 heteroatoms. The van der Waals surface area contributed by atoms with Crippen molar-refractivity contribution in [2.24, 2.45) is 5.92 Å². The molecule has 0 saturated heterocycles. The van der Waals surface area contributed by atoms with Gasteiger partial charge in [0.05, 0.1) is 5.92 Å². The average molecular weight is 395 g/mol. The van der Waals surface area contributed by atoms with E-state index in [1.165, 1.54) is 0 Å². The van der Waals surface area contributed by atoms with Crippen molar-refractivity contribution in [3.05, 3.63) is 76.6 Å². The van der Waals surface area contributed by atoms with Crippen LogP contribution in [0.5, 0.6) is 0 Å². The lowest BCUT2D eigenvalue weighted by atomic mass is 9.95. The van der Waals surface area contributed by atoms with Crippen LogP contribution in [0.25, 0.3) is 11.1 Å². The molecule has 0 fully saturated rings. The Morgan fingerprint density at radius 3 is 2.34 bits per heavy atom. The highest BCUT2D eigenvalue weighted by Crippen LogP contribution is 2.20. The number of amides is 1. The van der Waals surface area contributed by atoms with Crippen molar-refractivity contribution in [3.8, 4) is 11.1 Å². The Morgan fingerprint density at radius 1 is 1.10 bits per heavy atom. The number of H-pyrrole nitrogens is 1. The number of carbonyl (C=O) groups is 2. The fraction of sp³-hybridized carbons (Fsp3) is 0.238. The van der Waals surface area contributed by atoms with E-state index in [0.29, 0.717) is 6.42 Å². The van der Waals surface area contributed by atoms with Crippen molar-refractivity contribution in [2.75, 3.05) is 0 Å². The van der Waals surface area contributed by atoms with Gasteiger partial charge in [0.15, 0.2) is 0 Å². The van der Waals surface area contributed by atoms with E-state index < -0.39 is 29.6 Å². The lowest BCUT2D eigenvalue weighted by Crippen LogP contribution is -2.38. The van der Waals surface area contributed by atoms with Gasteiger partial charge in [-0.25, -0.2) is 9.89 Å². The maximum atomic E-state index is 12.3. The number of nitrogens with zero attached hydrogens (tertiary/aromatic N) is 1. The van der Waals surface area contributed by atoms with E-state index in [1.807, 2.05) is 59.7 Å². The molecule has 0 saturated carbocycles. The number of aliphatic carboxylic acids is 1. The van der Waals surface area contributed by atoms with Crippen LogP contribution in [0.2, 0.25) is 0 Å². The normalized spacial score (nSPS) is 12.9. The third-order valence-electron chi connectivity index (χ3n) is 4.57. The molecule has 1 aromatic heterocycles. The first-order chi connectivity index (χ1) is 13.9. The molecule has 3 aromatic rings. The van der Waals surface area contributed by atoms with Crippen molar-refractivity contribution >= 4 is 11.9 Å². The van der Waals surface area contributed by atoms with Gasteiger partial charge in [0.25, 0.3) is 0 Å². The Morgan fingerprint density at radius 2 is 1.76 bits per heavy atom. The van der Waals surface area contributed by atoms with Gasteiger partial charge in [0.2, 0.25) is 0 Å². The topological polar surface area (TPSA) is 125 Å². The monoisotopic (exact) mass is 395 g/mol. The third-order valence-corrected chi connectivity index (χ3v) is 4.57. The van der Waals surface area contributed by atoms with Gasteiger partial charge in [0.1, 0.15) is 0 Å². The number of aromatic amines is 1. The van der Waals surface area contributed by atoms with Gasteiger partial charge in [-0.3, -0.25) is 9.59 Å². The van der Waals surface area contributed by atoms with Crippen LogP contribution in [0.15, 0.2) is 63.8 Å². The van der Waals surface area contributed by atoms with Gasteiger partial charge in [-0.15, -0.1) is 5.10 Å². The number of aromatic nitrogens is 2. The van der Waals surface area contributed by atoms with Crippen molar-refractivity contribution in [3.63, 3.8) is 0 Å². The quantitative estimate of drug-likeness (QED) is 0.538. The number of carbonyl (C=O) groups excluding carboxylic acids is 1. The summed E-state index contributed by atoms with van der Waals surface area (Å²) < 4.78 is 4.66. The molecule has 2 atom stereocenters. The van der Waals surface area contributed by atoms with Gasteiger partial charge in [-0.2, -0.15) is 0 Å². The molecule has 1 unspecified atom stereocenters. The van der Waals surface area contributed by atoms with E-state index in [1.54, 1.807) is 6.92 Å². The number of hydrogen-bond donors (Lipinski definition) is 3. The van der Waals surface area contributed by atoms with Gasteiger partial charge in [0, 0.05) is 6.04 Å². The number of rotatable bonds is 8. The van der Waals surface area contributed by atoms with Crippen LogP contribution in [-0.2, 0) is 11.2 Å². The molecule has 2 aromatic carbocycles. The molecule has 0 aliphatic heterocycles. The second kappa shape index (κ2) is 9.01. The fourth-order valence-corrected chi connectivity index (χ4v) is 3.04.